The Morgan fingerprint density at radius 3 is 2.32 bits per heavy atom. The molecule has 2 rings (SSSR count). The monoisotopic (exact) mass is 360 g/mol. The third kappa shape index (κ3) is 5.26. The lowest BCUT2D eigenvalue weighted by molar-refractivity contribution is 0.340. The molecule has 0 heterocycles. The SMILES string of the molecule is CCOc1ccc(NC(=S)N[C@@H](C)c2cc(OC)ccc2OC)cc1. The van der Waals surface area contributed by atoms with Crippen LogP contribution in [0.2, 0.25) is 0 Å². The van der Waals surface area contributed by atoms with Gasteiger partial charge in [-0.2, -0.15) is 0 Å². The summed E-state index contributed by atoms with van der Waals surface area (Å²) in [5.74, 6) is 2.39. The van der Waals surface area contributed by atoms with Gasteiger partial charge < -0.3 is 24.8 Å². The lowest BCUT2D eigenvalue weighted by Gasteiger charge is -2.20. The van der Waals surface area contributed by atoms with Crippen molar-refractivity contribution < 1.29 is 14.2 Å². The molecule has 0 bridgehead atoms. The Hall–Kier alpha value is -2.47. The maximum absolute atomic E-state index is 5.43. The van der Waals surface area contributed by atoms with Gasteiger partial charge in [-0.15, -0.1) is 0 Å². The van der Waals surface area contributed by atoms with E-state index in [2.05, 4.69) is 10.6 Å². The molecule has 5 nitrogen and oxygen atoms in total. The molecule has 0 saturated carbocycles. The van der Waals surface area contributed by atoms with Crippen molar-refractivity contribution in [3.8, 4) is 17.2 Å². The Kier molecular flexibility index (Phi) is 6.89. The molecule has 0 aromatic heterocycles. The van der Waals surface area contributed by atoms with Crippen LogP contribution in [0.4, 0.5) is 5.69 Å². The summed E-state index contributed by atoms with van der Waals surface area (Å²) in [4.78, 5) is 0. The zero-order valence-corrected chi connectivity index (χ0v) is 15.8. The summed E-state index contributed by atoms with van der Waals surface area (Å²) in [6.07, 6.45) is 0. The molecule has 1 atom stereocenters. The number of hydrogen-bond acceptors (Lipinski definition) is 4. The maximum Gasteiger partial charge on any atom is 0.171 e. The minimum absolute atomic E-state index is 0.0484. The molecule has 0 spiro atoms. The van der Waals surface area contributed by atoms with Crippen LogP contribution in [0.5, 0.6) is 17.2 Å². The second kappa shape index (κ2) is 9.13. The first-order chi connectivity index (χ1) is 12.1. The molecule has 0 amide bonds. The van der Waals surface area contributed by atoms with Gasteiger partial charge >= 0.3 is 0 Å². The third-order valence-corrected chi connectivity index (χ3v) is 3.89. The minimum Gasteiger partial charge on any atom is -0.497 e. The molecule has 25 heavy (non-hydrogen) atoms. The minimum atomic E-state index is -0.0484. The van der Waals surface area contributed by atoms with E-state index in [1.807, 2.05) is 56.3 Å². The largest absolute Gasteiger partial charge is 0.497 e. The van der Waals surface area contributed by atoms with Gasteiger partial charge in [0.2, 0.25) is 0 Å². The van der Waals surface area contributed by atoms with E-state index in [-0.39, 0.29) is 6.04 Å². The van der Waals surface area contributed by atoms with Crippen LogP contribution >= 0.6 is 12.2 Å². The highest BCUT2D eigenvalue weighted by molar-refractivity contribution is 7.80. The molecule has 0 unspecified atom stereocenters. The highest BCUT2D eigenvalue weighted by Crippen LogP contribution is 2.29. The van der Waals surface area contributed by atoms with E-state index in [0.29, 0.717) is 11.7 Å². The quantitative estimate of drug-likeness (QED) is 0.724. The van der Waals surface area contributed by atoms with Gasteiger partial charge in [0.25, 0.3) is 0 Å². The van der Waals surface area contributed by atoms with Crippen LogP contribution in [0.15, 0.2) is 42.5 Å². The predicted molar refractivity (Wildman–Crippen MR) is 105 cm³/mol. The summed E-state index contributed by atoms with van der Waals surface area (Å²) in [6, 6.07) is 13.3. The first kappa shape index (κ1) is 18.9. The van der Waals surface area contributed by atoms with E-state index >= 15 is 0 Å². The number of ether oxygens (including phenoxy) is 3. The second-order valence-electron chi connectivity index (χ2n) is 5.39. The van der Waals surface area contributed by atoms with Crippen LogP contribution in [0.25, 0.3) is 0 Å². The van der Waals surface area contributed by atoms with Crippen molar-refractivity contribution in [2.45, 2.75) is 19.9 Å². The van der Waals surface area contributed by atoms with Crippen LogP contribution < -0.4 is 24.8 Å². The van der Waals surface area contributed by atoms with Crippen molar-refractivity contribution >= 4 is 23.0 Å². The molecule has 134 valence electrons. The zero-order valence-electron chi connectivity index (χ0n) is 15.0. The van der Waals surface area contributed by atoms with E-state index in [1.54, 1.807) is 14.2 Å². The summed E-state index contributed by atoms with van der Waals surface area (Å²) in [6.45, 7) is 4.62. The number of hydrogen-bond donors (Lipinski definition) is 2. The fraction of sp³-hybridized carbons (Fsp3) is 0.316. The summed E-state index contributed by atoms with van der Waals surface area (Å²) in [5, 5.41) is 6.96. The van der Waals surface area contributed by atoms with E-state index in [9.17, 15) is 0 Å². The lowest BCUT2D eigenvalue weighted by atomic mass is 10.1. The van der Waals surface area contributed by atoms with Gasteiger partial charge in [-0.1, -0.05) is 0 Å². The van der Waals surface area contributed by atoms with E-state index in [0.717, 1.165) is 28.5 Å². The summed E-state index contributed by atoms with van der Waals surface area (Å²) >= 11 is 5.41. The van der Waals surface area contributed by atoms with Crippen molar-refractivity contribution in [1.29, 1.82) is 0 Å². The molecule has 0 aliphatic heterocycles. The molecule has 2 aromatic carbocycles. The maximum atomic E-state index is 5.43. The predicted octanol–water partition coefficient (Wildman–Crippen LogP) is 4.15. The summed E-state index contributed by atoms with van der Waals surface area (Å²) in [7, 11) is 3.29. The normalized spacial score (nSPS) is 11.4. The number of anilines is 1. The van der Waals surface area contributed by atoms with Crippen molar-refractivity contribution in [1.82, 2.24) is 5.32 Å². The standard InChI is InChI=1S/C19H24N2O3S/c1-5-24-15-8-6-14(7-9-15)21-19(25)20-13(2)17-12-16(22-3)10-11-18(17)23-4/h6-13H,5H2,1-4H3,(H2,20,21,25)/t13-/m0/s1. The lowest BCUT2D eigenvalue weighted by Crippen LogP contribution is -2.31. The van der Waals surface area contributed by atoms with Crippen LogP contribution in [0, 0.1) is 0 Å². The van der Waals surface area contributed by atoms with Crippen LogP contribution in [0.3, 0.4) is 0 Å². The molecule has 0 fully saturated rings. The molecule has 0 radical (unpaired) electrons. The van der Waals surface area contributed by atoms with Crippen molar-refractivity contribution in [3.63, 3.8) is 0 Å². The van der Waals surface area contributed by atoms with Crippen molar-refractivity contribution in [2.75, 3.05) is 26.1 Å². The van der Waals surface area contributed by atoms with Gasteiger partial charge in [0.1, 0.15) is 17.2 Å². The summed E-state index contributed by atoms with van der Waals surface area (Å²) in [5.41, 5.74) is 1.86. The van der Waals surface area contributed by atoms with E-state index in [4.69, 9.17) is 26.4 Å². The Morgan fingerprint density at radius 2 is 1.72 bits per heavy atom. The summed E-state index contributed by atoms with van der Waals surface area (Å²) < 4.78 is 16.2. The highest BCUT2D eigenvalue weighted by Gasteiger charge is 2.14. The first-order valence-electron chi connectivity index (χ1n) is 8.09. The number of thiocarbonyl (C=S) groups is 1. The van der Waals surface area contributed by atoms with E-state index in [1.165, 1.54) is 0 Å². The molecular weight excluding hydrogens is 336 g/mol. The highest BCUT2D eigenvalue weighted by atomic mass is 32.1. The number of methoxy groups -OCH3 is 2. The average molecular weight is 360 g/mol. The van der Waals surface area contributed by atoms with Gasteiger partial charge in [0.05, 0.1) is 26.9 Å². The number of rotatable bonds is 7. The van der Waals surface area contributed by atoms with Gasteiger partial charge in [-0.05, 0) is 68.5 Å². The van der Waals surface area contributed by atoms with Gasteiger partial charge in [0.15, 0.2) is 5.11 Å². The van der Waals surface area contributed by atoms with Gasteiger partial charge in [0, 0.05) is 11.3 Å². The number of benzene rings is 2. The van der Waals surface area contributed by atoms with Crippen LogP contribution in [-0.4, -0.2) is 25.9 Å². The van der Waals surface area contributed by atoms with Crippen LogP contribution in [-0.2, 0) is 0 Å². The molecule has 2 N–H and O–H groups in total. The Bertz CT molecular complexity index is 704. The fourth-order valence-corrected chi connectivity index (χ4v) is 2.72. The van der Waals surface area contributed by atoms with Crippen molar-refractivity contribution in [2.24, 2.45) is 0 Å². The van der Waals surface area contributed by atoms with Gasteiger partial charge in [-0.25, -0.2) is 0 Å². The molecule has 0 aliphatic rings. The van der Waals surface area contributed by atoms with Crippen LogP contribution in [0.1, 0.15) is 25.5 Å². The Balaban J connectivity index is 2.02. The average Bonchev–Trinajstić information content (AvgIpc) is 2.62. The zero-order chi connectivity index (χ0) is 18.2. The Morgan fingerprint density at radius 1 is 1.04 bits per heavy atom. The topological polar surface area (TPSA) is 51.8 Å². The number of nitrogens with one attached hydrogen (secondary N) is 2. The van der Waals surface area contributed by atoms with Crippen molar-refractivity contribution in [3.05, 3.63) is 48.0 Å². The molecule has 2 aromatic rings. The molecular formula is C19H24N2O3S. The first-order valence-corrected chi connectivity index (χ1v) is 8.50. The molecule has 0 saturated heterocycles. The fourth-order valence-electron chi connectivity index (χ4n) is 2.42. The van der Waals surface area contributed by atoms with E-state index < -0.39 is 0 Å². The van der Waals surface area contributed by atoms with Gasteiger partial charge in [-0.3, -0.25) is 0 Å². The molecule has 0 aliphatic carbocycles. The second-order valence-corrected chi connectivity index (χ2v) is 5.79. The smallest absolute Gasteiger partial charge is 0.171 e. The third-order valence-electron chi connectivity index (χ3n) is 3.67. The Labute approximate surface area is 154 Å². The molecule has 6 heteroatoms.